The molecule has 0 saturated carbocycles. The third-order valence-corrected chi connectivity index (χ3v) is 2.91. The molecule has 0 amide bonds. The van der Waals surface area contributed by atoms with Crippen molar-refractivity contribution in [2.45, 2.75) is 59.3 Å². The van der Waals surface area contributed by atoms with E-state index in [1.165, 1.54) is 4.90 Å². The van der Waals surface area contributed by atoms with Gasteiger partial charge in [0.05, 0.1) is 0 Å². The van der Waals surface area contributed by atoms with Crippen LogP contribution in [0.5, 0.6) is 0 Å². The van der Waals surface area contributed by atoms with Crippen molar-refractivity contribution < 1.29 is 13.2 Å². The van der Waals surface area contributed by atoms with Crippen molar-refractivity contribution in [2.24, 2.45) is 11.8 Å². The van der Waals surface area contributed by atoms with Crippen molar-refractivity contribution >= 4 is 0 Å². The lowest BCUT2D eigenvalue weighted by Crippen LogP contribution is -2.50. The monoisotopic (exact) mass is 239 g/mol. The molecule has 4 heteroatoms. The van der Waals surface area contributed by atoms with E-state index in [0.29, 0.717) is 5.92 Å². The van der Waals surface area contributed by atoms with Gasteiger partial charge in [0.15, 0.2) is 0 Å². The first-order valence-electron chi connectivity index (χ1n) is 5.86. The van der Waals surface area contributed by atoms with Crippen LogP contribution in [0.15, 0.2) is 0 Å². The maximum atomic E-state index is 12.9. The van der Waals surface area contributed by atoms with Crippen LogP contribution in [0.3, 0.4) is 0 Å². The van der Waals surface area contributed by atoms with Crippen LogP contribution >= 0.6 is 0 Å². The average molecular weight is 239 g/mol. The molecule has 0 unspecified atom stereocenters. The smallest absolute Gasteiger partial charge is 0.292 e. The molecule has 1 nitrogen and oxygen atoms in total. The summed E-state index contributed by atoms with van der Waals surface area (Å²) < 4.78 is 38.6. The summed E-state index contributed by atoms with van der Waals surface area (Å²) in [4.78, 5) is 1.46. The molecule has 0 aromatic rings. The molecule has 0 bridgehead atoms. The lowest BCUT2D eigenvalue weighted by molar-refractivity contribution is -0.196. The van der Waals surface area contributed by atoms with Gasteiger partial charge >= 0.3 is 6.18 Å². The first-order valence-corrected chi connectivity index (χ1v) is 5.86. The highest BCUT2D eigenvalue weighted by Gasteiger charge is 2.45. The second-order valence-electron chi connectivity index (χ2n) is 5.37. The summed E-state index contributed by atoms with van der Waals surface area (Å²) >= 11 is 0. The van der Waals surface area contributed by atoms with Gasteiger partial charge in [-0.15, -0.1) is 0 Å². The molecule has 0 fully saturated rings. The van der Waals surface area contributed by atoms with Crippen LogP contribution in [0.2, 0.25) is 0 Å². The van der Waals surface area contributed by atoms with Gasteiger partial charge in [0.1, 0.15) is 6.04 Å². The highest BCUT2D eigenvalue weighted by Crippen LogP contribution is 2.31. The summed E-state index contributed by atoms with van der Waals surface area (Å²) in [6.07, 6.45) is -3.36. The highest BCUT2D eigenvalue weighted by atomic mass is 19.4. The molecular weight excluding hydrogens is 215 g/mol. The molecule has 0 aromatic heterocycles. The molecule has 0 aliphatic rings. The van der Waals surface area contributed by atoms with Gasteiger partial charge in [-0.3, -0.25) is 4.90 Å². The van der Waals surface area contributed by atoms with E-state index in [1.54, 1.807) is 20.9 Å². The zero-order chi connectivity index (χ0) is 13.1. The van der Waals surface area contributed by atoms with Crippen LogP contribution in [0.1, 0.15) is 41.0 Å². The second kappa shape index (κ2) is 5.89. The maximum absolute atomic E-state index is 12.9. The van der Waals surface area contributed by atoms with E-state index < -0.39 is 18.1 Å². The average Bonchev–Trinajstić information content (AvgIpc) is 1.98. The van der Waals surface area contributed by atoms with E-state index in [1.807, 2.05) is 20.8 Å². The van der Waals surface area contributed by atoms with E-state index in [2.05, 4.69) is 0 Å². The Bertz CT molecular complexity index is 199. The van der Waals surface area contributed by atoms with E-state index in [-0.39, 0.29) is 6.04 Å². The molecule has 0 radical (unpaired) electrons. The first kappa shape index (κ1) is 15.8. The summed E-state index contributed by atoms with van der Waals surface area (Å²) in [6.45, 7) is 9.17. The Morgan fingerprint density at radius 3 is 1.69 bits per heavy atom. The van der Waals surface area contributed by atoms with E-state index in [0.717, 1.165) is 6.42 Å². The second-order valence-corrected chi connectivity index (χ2v) is 5.37. The van der Waals surface area contributed by atoms with Gasteiger partial charge < -0.3 is 0 Å². The quantitative estimate of drug-likeness (QED) is 0.702. The molecule has 0 aliphatic carbocycles. The molecule has 98 valence electrons. The van der Waals surface area contributed by atoms with Crippen LogP contribution in [-0.2, 0) is 0 Å². The molecular formula is C12H24F3N. The number of halogens is 3. The zero-order valence-electron chi connectivity index (χ0n) is 11.1. The number of rotatable bonds is 5. The standard InChI is InChI=1S/C12H24F3N/c1-8(2)7-10(5)16(6)11(9(3)4)12(13,14)15/h8-11H,7H2,1-6H3/t10-,11-/m1/s1. The first-order chi connectivity index (χ1) is 7.07. The SMILES string of the molecule is CC(C)C[C@@H](C)N(C)[C@H](C(C)C)C(F)(F)F. The Kier molecular flexibility index (Phi) is 5.80. The fourth-order valence-corrected chi connectivity index (χ4v) is 2.20. The minimum Gasteiger partial charge on any atom is -0.292 e. The summed E-state index contributed by atoms with van der Waals surface area (Å²) in [7, 11) is 1.57. The molecule has 0 heterocycles. The van der Waals surface area contributed by atoms with Crippen LogP contribution in [-0.4, -0.2) is 30.2 Å². The minimum atomic E-state index is -4.14. The largest absolute Gasteiger partial charge is 0.404 e. The summed E-state index contributed by atoms with van der Waals surface area (Å²) in [5.41, 5.74) is 0. The minimum absolute atomic E-state index is 0.0472. The molecule has 0 spiro atoms. The Morgan fingerprint density at radius 2 is 1.44 bits per heavy atom. The summed E-state index contributed by atoms with van der Waals surface area (Å²) in [5.74, 6) is -0.00175. The maximum Gasteiger partial charge on any atom is 0.404 e. The number of alkyl halides is 3. The number of nitrogens with zero attached hydrogens (tertiary/aromatic N) is 1. The summed E-state index contributed by atoms with van der Waals surface area (Å²) in [5, 5.41) is 0. The van der Waals surface area contributed by atoms with Crippen LogP contribution < -0.4 is 0 Å². The molecule has 0 aliphatic heterocycles. The third kappa shape index (κ3) is 4.73. The molecule has 2 atom stereocenters. The lowest BCUT2D eigenvalue weighted by atomic mass is 9.97. The lowest BCUT2D eigenvalue weighted by Gasteiger charge is -2.37. The van der Waals surface area contributed by atoms with Gasteiger partial charge in [0.25, 0.3) is 0 Å². The van der Waals surface area contributed by atoms with Crippen molar-refractivity contribution in [3.8, 4) is 0 Å². The van der Waals surface area contributed by atoms with E-state index >= 15 is 0 Å². The molecule has 0 N–H and O–H groups in total. The van der Waals surface area contributed by atoms with Crippen molar-refractivity contribution in [3.63, 3.8) is 0 Å². The van der Waals surface area contributed by atoms with Gasteiger partial charge in [0, 0.05) is 6.04 Å². The highest BCUT2D eigenvalue weighted by molar-refractivity contribution is 4.83. The Morgan fingerprint density at radius 1 is 1.00 bits per heavy atom. The molecule has 0 rings (SSSR count). The van der Waals surface area contributed by atoms with E-state index in [9.17, 15) is 13.2 Å². The Balaban J connectivity index is 4.68. The van der Waals surface area contributed by atoms with Crippen molar-refractivity contribution in [3.05, 3.63) is 0 Å². The van der Waals surface area contributed by atoms with Crippen molar-refractivity contribution in [1.29, 1.82) is 0 Å². The fraction of sp³-hybridized carbons (Fsp3) is 1.00. The molecule has 0 saturated heterocycles. The molecule has 16 heavy (non-hydrogen) atoms. The topological polar surface area (TPSA) is 3.24 Å². The number of hydrogen-bond acceptors (Lipinski definition) is 1. The van der Waals surface area contributed by atoms with Crippen LogP contribution in [0.25, 0.3) is 0 Å². The van der Waals surface area contributed by atoms with Gasteiger partial charge in [0.2, 0.25) is 0 Å². The van der Waals surface area contributed by atoms with Crippen LogP contribution in [0.4, 0.5) is 13.2 Å². The zero-order valence-corrected chi connectivity index (χ0v) is 11.1. The van der Waals surface area contributed by atoms with E-state index in [4.69, 9.17) is 0 Å². The van der Waals surface area contributed by atoms with Crippen molar-refractivity contribution in [2.75, 3.05) is 7.05 Å². The third-order valence-electron chi connectivity index (χ3n) is 2.91. The predicted octanol–water partition coefficient (Wildman–Crippen LogP) is 3.94. The summed E-state index contributed by atoms with van der Waals surface area (Å²) in [6, 6.07) is -1.39. The van der Waals surface area contributed by atoms with Gasteiger partial charge in [-0.1, -0.05) is 27.7 Å². The normalized spacial score (nSPS) is 17.2. The Labute approximate surface area is 97.0 Å². The van der Waals surface area contributed by atoms with Crippen molar-refractivity contribution in [1.82, 2.24) is 4.90 Å². The van der Waals surface area contributed by atoms with Gasteiger partial charge in [-0.05, 0) is 32.2 Å². The predicted molar refractivity (Wildman–Crippen MR) is 61.4 cm³/mol. The Hall–Kier alpha value is -0.250. The molecule has 0 aromatic carbocycles. The number of hydrogen-bond donors (Lipinski definition) is 0. The van der Waals surface area contributed by atoms with Gasteiger partial charge in [-0.25, -0.2) is 0 Å². The van der Waals surface area contributed by atoms with Crippen LogP contribution in [0, 0.1) is 11.8 Å². The fourth-order valence-electron chi connectivity index (χ4n) is 2.20. The van der Waals surface area contributed by atoms with Gasteiger partial charge in [-0.2, -0.15) is 13.2 Å².